The Morgan fingerprint density at radius 1 is 1.21 bits per heavy atom. The lowest BCUT2D eigenvalue weighted by molar-refractivity contribution is 0.0627. The Labute approximate surface area is 145 Å². The van der Waals surface area contributed by atoms with Gasteiger partial charge in [0.05, 0.1) is 6.61 Å². The lowest BCUT2D eigenvalue weighted by atomic mass is 10.0. The molecule has 4 nitrogen and oxygen atoms in total. The van der Waals surface area contributed by atoms with Crippen molar-refractivity contribution in [2.45, 2.75) is 51.6 Å². The van der Waals surface area contributed by atoms with Crippen molar-refractivity contribution in [3.63, 3.8) is 0 Å². The van der Waals surface area contributed by atoms with E-state index >= 15 is 0 Å². The molecular weight excluding hydrogens is 300 g/mol. The maximum atomic E-state index is 12.1. The minimum Gasteiger partial charge on any atom is -0.449 e. The van der Waals surface area contributed by atoms with Gasteiger partial charge in [-0.25, -0.2) is 4.79 Å². The Hall–Kier alpha value is -1.55. The van der Waals surface area contributed by atoms with Gasteiger partial charge in [0, 0.05) is 32.2 Å². The van der Waals surface area contributed by atoms with Gasteiger partial charge in [0.25, 0.3) is 0 Å². The fourth-order valence-corrected chi connectivity index (χ4v) is 3.92. The summed E-state index contributed by atoms with van der Waals surface area (Å²) < 4.78 is 5.36. The summed E-state index contributed by atoms with van der Waals surface area (Å²) in [6.07, 6.45) is 4.26. The van der Waals surface area contributed by atoms with Crippen LogP contribution in [-0.4, -0.2) is 54.7 Å². The van der Waals surface area contributed by atoms with Gasteiger partial charge >= 0.3 is 6.09 Å². The molecule has 1 aromatic rings. The van der Waals surface area contributed by atoms with Crippen molar-refractivity contribution in [2.75, 3.05) is 26.7 Å². The van der Waals surface area contributed by atoms with E-state index in [1.165, 1.54) is 24.0 Å². The molecule has 1 saturated heterocycles. The van der Waals surface area contributed by atoms with E-state index in [2.05, 4.69) is 43.0 Å². The third kappa shape index (κ3) is 3.92. The Balaban J connectivity index is 1.47. The standard InChI is InChI=1S/C20H30N2O2/c1-15(2)14-24-20(23)21(3)18-8-10-22(11-9-18)19-12-16-6-4-5-7-17(16)13-19/h4-7,15,18-19H,8-14H2,1-3H3. The van der Waals surface area contributed by atoms with Crippen molar-refractivity contribution in [1.29, 1.82) is 0 Å². The van der Waals surface area contributed by atoms with Gasteiger partial charge in [-0.05, 0) is 42.7 Å². The molecule has 24 heavy (non-hydrogen) atoms. The Morgan fingerprint density at radius 3 is 2.33 bits per heavy atom. The summed E-state index contributed by atoms with van der Waals surface area (Å²) in [6, 6.07) is 9.77. The number of benzene rings is 1. The van der Waals surface area contributed by atoms with Gasteiger partial charge in [0.1, 0.15) is 0 Å². The first-order chi connectivity index (χ1) is 11.5. The average Bonchev–Trinajstić information content (AvgIpc) is 3.03. The lowest BCUT2D eigenvalue weighted by Crippen LogP contribution is -2.49. The highest BCUT2D eigenvalue weighted by Crippen LogP contribution is 2.28. The molecule has 1 aromatic carbocycles. The number of rotatable bonds is 4. The molecule has 1 aliphatic heterocycles. The van der Waals surface area contributed by atoms with Crippen LogP contribution in [-0.2, 0) is 17.6 Å². The summed E-state index contributed by atoms with van der Waals surface area (Å²) in [7, 11) is 1.88. The van der Waals surface area contributed by atoms with E-state index in [4.69, 9.17) is 4.74 Å². The number of amides is 1. The molecule has 0 N–H and O–H groups in total. The van der Waals surface area contributed by atoms with E-state index in [1.807, 2.05) is 11.9 Å². The number of carbonyl (C=O) groups is 1. The van der Waals surface area contributed by atoms with Crippen molar-refractivity contribution >= 4 is 6.09 Å². The highest BCUT2D eigenvalue weighted by molar-refractivity contribution is 5.67. The smallest absolute Gasteiger partial charge is 0.409 e. The molecule has 0 radical (unpaired) electrons. The molecule has 0 saturated carbocycles. The van der Waals surface area contributed by atoms with Crippen molar-refractivity contribution in [3.8, 4) is 0 Å². The summed E-state index contributed by atoms with van der Waals surface area (Å²) in [6.45, 7) is 6.77. The largest absolute Gasteiger partial charge is 0.449 e. The first-order valence-electron chi connectivity index (χ1n) is 9.25. The molecule has 132 valence electrons. The number of piperidine rings is 1. The third-order valence-electron chi connectivity index (χ3n) is 5.42. The average molecular weight is 330 g/mol. The maximum absolute atomic E-state index is 12.1. The molecule has 0 aromatic heterocycles. The Bertz CT molecular complexity index is 540. The van der Waals surface area contributed by atoms with Crippen LogP contribution in [0.25, 0.3) is 0 Å². The summed E-state index contributed by atoms with van der Waals surface area (Å²) in [4.78, 5) is 16.5. The van der Waals surface area contributed by atoms with Crippen molar-refractivity contribution in [1.82, 2.24) is 9.80 Å². The van der Waals surface area contributed by atoms with Crippen molar-refractivity contribution in [3.05, 3.63) is 35.4 Å². The van der Waals surface area contributed by atoms with E-state index in [9.17, 15) is 4.79 Å². The van der Waals surface area contributed by atoms with Gasteiger partial charge in [-0.1, -0.05) is 38.1 Å². The second kappa shape index (κ2) is 7.56. The van der Waals surface area contributed by atoms with Gasteiger partial charge in [-0.2, -0.15) is 0 Å². The maximum Gasteiger partial charge on any atom is 0.409 e. The minimum absolute atomic E-state index is 0.171. The molecular formula is C20H30N2O2. The molecule has 1 amide bonds. The van der Waals surface area contributed by atoms with E-state index in [0.717, 1.165) is 25.9 Å². The third-order valence-corrected chi connectivity index (χ3v) is 5.42. The number of hydrogen-bond donors (Lipinski definition) is 0. The highest BCUT2D eigenvalue weighted by Gasteiger charge is 2.32. The Kier molecular flexibility index (Phi) is 5.44. The predicted molar refractivity (Wildman–Crippen MR) is 96.2 cm³/mol. The van der Waals surface area contributed by atoms with Crippen LogP contribution in [0.2, 0.25) is 0 Å². The van der Waals surface area contributed by atoms with Gasteiger partial charge < -0.3 is 9.64 Å². The fourth-order valence-electron chi connectivity index (χ4n) is 3.92. The van der Waals surface area contributed by atoms with Crippen molar-refractivity contribution < 1.29 is 9.53 Å². The van der Waals surface area contributed by atoms with Crippen molar-refractivity contribution in [2.24, 2.45) is 5.92 Å². The van der Waals surface area contributed by atoms with Crippen LogP contribution in [0.4, 0.5) is 4.79 Å². The number of fused-ring (bicyclic) bond motifs is 1. The van der Waals surface area contributed by atoms with Crippen LogP contribution in [0.5, 0.6) is 0 Å². The highest BCUT2D eigenvalue weighted by atomic mass is 16.6. The van der Waals surface area contributed by atoms with Gasteiger partial charge in [-0.3, -0.25) is 4.90 Å². The molecule has 1 heterocycles. The number of likely N-dealkylation sites (tertiary alicyclic amines) is 1. The second-order valence-corrected chi connectivity index (χ2v) is 7.68. The van der Waals surface area contributed by atoms with E-state index < -0.39 is 0 Å². The minimum atomic E-state index is -0.171. The van der Waals surface area contributed by atoms with Crippen LogP contribution < -0.4 is 0 Å². The zero-order valence-corrected chi connectivity index (χ0v) is 15.2. The van der Waals surface area contributed by atoms with Gasteiger partial charge in [0.15, 0.2) is 0 Å². The molecule has 1 aliphatic carbocycles. The fraction of sp³-hybridized carbons (Fsp3) is 0.650. The number of carbonyl (C=O) groups excluding carboxylic acids is 1. The van der Waals surface area contributed by atoms with Crippen LogP contribution in [0.1, 0.15) is 37.8 Å². The quantitative estimate of drug-likeness (QED) is 0.849. The zero-order valence-electron chi connectivity index (χ0n) is 15.2. The first-order valence-corrected chi connectivity index (χ1v) is 9.25. The second-order valence-electron chi connectivity index (χ2n) is 7.68. The normalized spacial score (nSPS) is 19.5. The van der Waals surface area contributed by atoms with E-state index in [0.29, 0.717) is 24.6 Å². The SMILES string of the molecule is CC(C)COC(=O)N(C)C1CCN(C2Cc3ccccc3C2)CC1. The van der Waals surface area contributed by atoms with Crippen LogP contribution in [0.15, 0.2) is 24.3 Å². The molecule has 2 aliphatic rings. The van der Waals surface area contributed by atoms with E-state index in [-0.39, 0.29) is 6.09 Å². The summed E-state index contributed by atoms with van der Waals surface area (Å²) in [5.74, 6) is 0.383. The number of hydrogen-bond acceptors (Lipinski definition) is 3. The van der Waals surface area contributed by atoms with Crippen LogP contribution in [0.3, 0.4) is 0 Å². The van der Waals surface area contributed by atoms with E-state index in [1.54, 1.807) is 0 Å². The summed E-state index contributed by atoms with van der Waals surface area (Å²) >= 11 is 0. The first kappa shape index (κ1) is 17.3. The molecule has 1 fully saturated rings. The molecule has 0 unspecified atom stereocenters. The monoisotopic (exact) mass is 330 g/mol. The van der Waals surface area contributed by atoms with Crippen LogP contribution in [0, 0.1) is 5.92 Å². The molecule has 0 bridgehead atoms. The molecule has 0 spiro atoms. The lowest BCUT2D eigenvalue weighted by Gasteiger charge is -2.39. The Morgan fingerprint density at radius 2 is 1.79 bits per heavy atom. The van der Waals surface area contributed by atoms with Gasteiger partial charge in [0.2, 0.25) is 0 Å². The number of ether oxygens (including phenoxy) is 1. The summed E-state index contributed by atoms with van der Waals surface area (Å²) in [5, 5.41) is 0. The molecule has 0 atom stereocenters. The number of nitrogens with zero attached hydrogens (tertiary/aromatic N) is 2. The predicted octanol–water partition coefficient (Wildman–Crippen LogP) is 3.34. The topological polar surface area (TPSA) is 32.8 Å². The van der Waals surface area contributed by atoms with Crippen LogP contribution >= 0.6 is 0 Å². The molecule has 3 rings (SSSR count). The van der Waals surface area contributed by atoms with Gasteiger partial charge in [-0.15, -0.1) is 0 Å². The zero-order chi connectivity index (χ0) is 17.1. The molecule has 4 heteroatoms. The summed E-state index contributed by atoms with van der Waals surface area (Å²) in [5.41, 5.74) is 3.03.